The van der Waals surface area contributed by atoms with Crippen LogP contribution in [0.3, 0.4) is 0 Å². The number of benzene rings is 1. The first-order valence-electron chi connectivity index (χ1n) is 8.38. The van der Waals surface area contributed by atoms with Crippen molar-refractivity contribution in [3.05, 3.63) is 35.4 Å². The highest BCUT2D eigenvalue weighted by Gasteiger charge is 2.17. The van der Waals surface area contributed by atoms with Crippen molar-refractivity contribution in [2.24, 2.45) is 5.92 Å². The van der Waals surface area contributed by atoms with Crippen molar-refractivity contribution in [1.29, 1.82) is 0 Å². The van der Waals surface area contributed by atoms with Gasteiger partial charge in [-0.05, 0) is 55.7 Å². The van der Waals surface area contributed by atoms with Crippen LogP contribution >= 0.6 is 11.8 Å². The summed E-state index contributed by atoms with van der Waals surface area (Å²) in [6.45, 7) is 4.41. The molecule has 21 heavy (non-hydrogen) atoms. The van der Waals surface area contributed by atoms with Gasteiger partial charge in [0.2, 0.25) is 0 Å². The van der Waals surface area contributed by atoms with E-state index in [1.807, 2.05) is 11.8 Å². The van der Waals surface area contributed by atoms with Crippen LogP contribution in [0.4, 0.5) is 0 Å². The van der Waals surface area contributed by atoms with Crippen molar-refractivity contribution < 1.29 is 0 Å². The molecule has 2 rings (SSSR count). The molecule has 0 unspecified atom stereocenters. The maximum Gasteiger partial charge on any atom is 0.0170 e. The Labute approximate surface area is 134 Å². The van der Waals surface area contributed by atoms with E-state index in [4.69, 9.17) is 0 Å². The van der Waals surface area contributed by atoms with Crippen molar-refractivity contribution in [3.63, 3.8) is 0 Å². The first-order chi connectivity index (χ1) is 10.3. The van der Waals surface area contributed by atoms with Crippen LogP contribution < -0.4 is 5.32 Å². The number of hydrogen-bond acceptors (Lipinski definition) is 2. The summed E-state index contributed by atoms with van der Waals surface area (Å²) >= 11 is 1.81. The molecule has 1 N–H and O–H groups in total. The van der Waals surface area contributed by atoms with E-state index < -0.39 is 0 Å². The van der Waals surface area contributed by atoms with Crippen molar-refractivity contribution in [2.75, 3.05) is 19.3 Å². The molecule has 1 aliphatic rings. The third-order valence-corrected chi connectivity index (χ3v) is 5.10. The van der Waals surface area contributed by atoms with Crippen molar-refractivity contribution in [1.82, 2.24) is 5.32 Å². The summed E-state index contributed by atoms with van der Waals surface area (Å²) in [5.74, 6) is 0.795. The van der Waals surface area contributed by atoms with Gasteiger partial charge in [-0.25, -0.2) is 0 Å². The molecule has 1 fully saturated rings. The van der Waals surface area contributed by atoms with Crippen LogP contribution in [0.25, 0.3) is 6.08 Å². The number of nitrogens with one attached hydrogen (secondary N) is 1. The molecule has 0 atom stereocenters. The summed E-state index contributed by atoms with van der Waals surface area (Å²) in [5.41, 5.74) is 2.96. The minimum absolute atomic E-state index is 0.795. The Balaban J connectivity index is 2.09. The molecular weight excluding hydrogens is 274 g/mol. The summed E-state index contributed by atoms with van der Waals surface area (Å²) in [4.78, 5) is 1.34. The third kappa shape index (κ3) is 5.52. The second-order valence-electron chi connectivity index (χ2n) is 6.00. The normalized spacial score (nSPS) is 17.1. The highest BCUT2D eigenvalue weighted by molar-refractivity contribution is 7.98. The molecule has 0 amide bonds. The molecular formula is C19H29NS. The monoisotopic (exact) mass is 303 g/mol. The largest absolute Gasteiger partial charge is 0.313 e. The van der Waals surface area contributed by atoms with E-state index in [9.17, 15) is 0 Å². The average Bonchev–Trinajstić information content (AvgIpc) is 2.55. The van der Waals surface area contributed by atoms with Gasteiger partial charge in [0.05, 0.1) is 0 Å². The Kier molecular flexibility index (Phi) is 7.38. The fourth-order valence-electron chi connectivity index (χ4n) is 3.11. The summed E-state index contributed by atoms with van der Waals surface area (Å²) < 4.78 is 0. The van der Waals surface area contributed by atoms with E-state index in [2.05, 4.69) is 48.8 Å². The maximum absolute atomic E-state index is 3.60. The Morgan fingerprint density at radius 3 is 2.52 bits per heavy atom. The second kappa shape index (κ2) is 9.32. The van der Waals surface area contributed by atoms with E-state index in [0.29, 0.717) is 0 Å². The van der Waals surface area contributed by atoms with E-state index in [0.717, 1.165) is 19.0 Å². The number of thioether (sulfide) groups is 1. The molecule has 1 nitrogen and oxygen atoms in total. The Hall–Kier alpha value is -0.730. The lowest BCUT2D eigenvalue weighted by Crippen LogP contribution is -2.22. The standard InChI is InChI=1S/C19H29NS/c1-3-13-20-15-18(17-7-5-4-6-8-17)14-16-9-11-19(21-2)12-10-16/h9-12,14,17,20H,3-8,13,15H2,1-2H3/b18-14-. The predicted molar refractivity (Wildman–Crippen MR) is 95.9 cm³/mol. The van der Waals surface area contributed by atoms with Crippen LogP contribution in [0.5, 0.6) is 0 Å². The lowest BCUT2D eigenvalue weighted by molar-refractivity contribution is 0.396. The molecule has 116 valence electrons. The summed E-state index contributed by atoms with van der Waals surface area (Å²) in [7, 11) is 0. The van der Waals surface area contributed by atoms with Gasteiger partial charge >= 0.3 is 0 Å². The smallest absolute Gasteiger partial charge is 0.0170 e. The van der Waals surface area contributed by atoms with Crippen LogP contribution in [0.1, 0.15) is 51.0 Å². The first-order valence-corrected chi connectivity index (χ1v) is 9.61. The minimum atomic E-state index is 0.795. The average molecular weight is 304 g/mol. The highest BCUT2D eigenvalue weighted by atomic mass is 32.2. The second-order valence-corrected chi connectivity index (χ2v) is 6.88. The molecule has 0 spiro atoms. The molecule has 0 aliphatic heterocycles. The van der Waals surface area contributed by atoms with Gasteiger partial charge < -0.3 is 5.32 Å². The lowest BCUT2D eigenvalue weighted by Gasteiger charge is -2.25. The predicted octanol–water partition coefficient (Wildman–Crippen LogP) is 5.37. The zero-order valence-electron chi connectivity index (χ0n) is 13.5. The summed E-state index contributed by atoms with van der Waals surface area (Å²) in [6.07, 6.45) is 12.8. The summed E-state index contributed by atoms with van der Waals surface area (Å²) in [6, 6.07) is 8.98. The van der Waals surface area contributed by atoms with E-state index in [1.165, 1.54) is 49.0 Å². The number of rotatable bonds is 7. The van der Waals surface area contributed by atoms with Gasteiger partial charge in [0.1, 0.15) is 0 Å². The van der Waals surface area contributed by atoms with Gasteiger partial charge in [-0.1, -0.05) is 50.0 Å². The van der Waals surface area contributed by atoms with Crippen molar-refractivity contribution in [2.45, 2.75) is 50.3 Å². The minimum Gasteiger partial charge on any atom is -0.313 e. The van der Waals surface area contributed by atoms with Crippen LogP contribution in [0, 0.1) is 5.92 Å². The van der Waals surface area contributed by atoms with E-state index in [1.54, 1.807) is 5.57 Å². The first kappa shape index (κ1) is 16.6. The zero-order valence-corrected chi connectivity index (χ0v) is 14.3. The van der Waals surface area contributed by atoms with Gasteiger partial charge in [-0.2, -0.15) is 0 Å². The third-order valence-electron chi connectivity index (χ3n) is 4.35. The van der Waals surface area contributed by atoms with Crippen LogP contribution in [-0.2, 0) is 0 Å². The molecule has 0 radical (unpaired) electrons. The van der Waals surface area contributed by atoms with Gasteiger partial charge in [0, 0.05) is 11.4 Å². The zero-order chi connectivity index (χ0) is 14.9. The molecule has 2 heteroatoms. The summed E-state index contributed by atoms with van der Waals surface area (Å²) in [5, 5.41) is 3.60. The Morgan fingerprint density at radius 2 is 1.90 bits per heavy atom. The van der Waals surface area contributed by atoms with E-state index >= 15 is 0 Å². The molecule has 0 saturated heterocycles. The molecule has 0 bridgehead atoms. The molecule has 0 aromatic heterocycles. The van der Waals surface area contributed by atoms with Gasteiger partial charge in [-0.15, -0.1) is 11.8 Å². The van der Waals surface area contributed by atoms with Gasteiger partial charge in [-0.3, -0.25) is 0 Å². The Bertz CT molecular complexity index is 429. The topological polar surface area (TPSA) is 12.0 Å². The molecule has 1 aromatic carbocycles. The van der Waals surface area contributed by atoms with Crippen LogP contribution in [0.2, 0.25) is 0 Å². The van der Waals surface area contributed by atoms with Gasteiger partial charge in [0.15, 0.2) is 0 Å². The fourth-order valence-corrected chi connectivity index (χ4v) is 3.52. The van der Waals surface area contributed by atoms with Crippen molar-refractivity contribution in [3.8, 4) is 0 Å². The fraction of sp³-hybridized carbons (Fsp3) is 0.579. The van der Waals surface area contributed by atoms with Crippen molar-refractivity contribution >= 4 is 17.8 Å². The molecule has 1 saturated carbocycles. The van der Waals surface area contributed by atoms with Gasteiger partial charge in [0.25, 0.3) is 0 Å². The number of hydrogen-bond donors (Lipinski definition) is 1. The SMILES string of the molecule is CCCNC/C(=C/c1ccc(SC)cc1)C1CCCCC1. The molecule has 1 aromatic rings. The molecule has 1 aliphatic carbocycles. The Morgan fingerprint density at radius 1 is 1.19 bits per heavy atom. The quantitative estimate of drug-likeness (QED) is 0.536. The lowest BCUT2D eigenvalue weighted by atomic mass is 9.83. The van der Waals surface area contributed by atoms with E-state index in [-0.39, 0.29) is 0 Å². The van der Waals surface area contributed by atoms with Crippen LogP contribution in [0.15, 0.2) is 34.7 Å². The molecule has 0 heterocycles. The highest BCUT2D eigenvalue weighted by Crippen LogP contribution is 2.30. The van der Waals surface area contributed by atoms with Crippen LogP contribution in [-0.4, -0.2) is 19.3 Å². The maximum atomic E-state index is 3.60.